The van der Waals surface area contributed by atoms with Crippen LogP contribution in [0.1, 0.15) is 13.3 Å². The van der Waals surface area contributed by atoms with Crippen LogP contribution in [0.3, 0.4) is 0 Å². The zero-order chi connectivity index (χ0) is 13.7. The highest BCUT2D eigenvalue weighted by atomic mass is 35.5. The number of hydrogen-bond acceptors (Lipinski definition) is 3. The molecular formula is C14H19ClFNO2. The molecule has 0 bridgehead atoms. The highest BCUT2D eigenvalue weighted by Crippen LogP contribution is 2.28. The van der Waals surface area contributed by atoms with Crippen LogP contribution >= 0.6 is 11.6 Å². The minimum absolute atomic E-state index is 0.0575. The quantitative estimate of drug-likeness (QED) is 0.873. The van der Waals surface area contributed by atoms with Crippen molar-refractivity contribution in [3.8, 4) is 5.75 Å². The molecule has 1 aromatic carbocycles. The second kappa shape index (κ2) is 7.08. The van der Waals surface area contributed by atoms with E-state index in [2.05, 4.69) is 5.32 Å². The van der Waals surface area contributed by atoms with E-state index in [4.69, 9.17) is 21.1 Å². The van der Waals surface area contributed by atoms with E-state index in [1.54, 1.807) is 6.07 Å². The topological polar surface area (TPSA) is 30.5 Å². The van der Waals surface area contributed by atoms with Crippen LogP contribution in [0.15, 0.2) is 18.2 Å². The van der Waals surface area contributed by atoms with Gasteiger partial charge in [-0.3, -0.25) is 0 Å². The van der Waals surface area contributed by atoms with E-state index in [1.807, 2.05) is 6.92 Å². The maximum absolute atomic E-state index is 13.0. The molecule has 106 valence electrons. The van der Waals surface area contributed by atoms with E-state index < -0.39 is 0 Å². The van der Waals surface area contributed by atoms with E-state index in [-0.39, 0.29) is 11.9 Å². The van der Waals surface area contributed by atoms with Crippen molar-refractivity contribution in [1.29, 1.82) is 0 Å². The van der Waals surface area contributed by atoms with E-state index in [9.17, 15) is 4.39 Å². The van der Waals surface area contributed by atoms with Crippen LogP contribution in [0.5, 0.6) is 5.75 Å². The highest BCUT2D eigenvalue weighted by Gasteiger charge is 2.27. The fourth-order valence-corrected chi connectivity index (χ4v) is 2.44. The molecule has 3 nitrogen and oxygen atoms in total. The third-order valence-electron chi connectivity index (χ3n) is 3.28. The Kier molecular flexibility index (Phi) is 5.43. The van der Waals surface area contributed by atoms with E-state index in [1.165, 1.54) is 12.1 Å². The van der Waals surface area contributed by atoms with Crippen molar-refractivity contribution in [2.24, 2.45) is 5.92 Å². The molecule has 0 spiro atoms. The third-order valence-corrected chi connectivity index (χ3v) is 3.58. The lowest BCUT2D eigenvalue weighted by Gasteiger charge is -2.24. The first-order chi connectivity index (χ1) is 9.20. The average molecular weight is 288 g/mol. The molecule has 1 fully saturated rings. The maximum atomic E-state index is 13.0. The van der Waals surface area contributed by atoms with Crippen LogP contribution in [0, 0.1) is 11.7 Å². The molecule has 1 aliphatic rings. The lowest BCUT2D eigenvalue weighted by molar-refractivity contribution is 0.0291. The fourth-order valence-electron chi connectivity index (χ4n) is 2.23. The van der Waals surface area contributed by atoms with Crippen LogP contribution in [-0.2, 0) is 4.74 Å². The summed E-state index contributed by atoms with van der Waals surface area (Å²) in [5, 5.41) is 3.61. The molecule has 1 unspecified atom stereocenters. The van der Waals surface area contributed by atoms with Crippen LogP contribution in [-0.4, -0.2) is 32.4 Å². The molecule has 1 heterocycles. The van der Waals surface area contributed by atoms with Crippen molar-refractivity contribution in [3.63, 3.8) is 0 Å². The molecule has 19 heavy (non-hydrogen) atoms. The molecule has 2 rings (SSSR count). The van der Waals surface area contributed by atoms with Crippen molar-refractivity contribution in [2.75, 3.05) is 26.3 Å². The van der Waals surface area contributed by atoms with Gasteiger partial charge >= 0.3 is 0 Å². The largest absolute Gasteiger partial charge is 0.486 e. The molecule has 0 aromatic heterocycles. The van der Waals surface area contributed by atoms with Gasteiger partial charge in [0.2, 0.25) is 0 Å². The Bertz CT molecular complexity index is 410. The van der Waals surface area contributed by atoms with Gasteiger partial charge in [0, 0.05) is 19.1 Å². The Morgan fingerprint density at radius 3 is 3.00 bits per heavy atom. The predicted octanol–water partition coefficient (Wildman–Crippen LogP) is 2.87. The van der Waals surface area contributed by atoms with Crippen molar-refractivity contribution in [2.45, 2.75) is 19.4 Å². The van der Waals surface area contributed by atoms with Gasteiger partial charge in [-0.25, -0.2) is 4.39 Å². The summed E-state index contributed by atoms with van der Waals surface area (Å²) >= 11 is 5.99. The Hall–Kier alpha value is -0.840. The standard InChI is InChI=1S/C14H19ClFNO2/c1-2-18-9-14(10-5-6-17-8-10)19-13-4-3-11(16)7-12(13)15/h3-4,7,10,14,17H,2,5-6,8-9H2,1H3/t10?,14-/m0/s1. The third kappa shape index (κ3) is 4.06. The van der Waals surface area contributed by atoms with Crippen LogP contribution in [0.4, 0.5) is 4.39 Å². The molecule has 1 saturated heterocycles. The van der Waals surface area contributed by atoms with Crippen LogP contribution in [0.2, 0.25) is 5.02 Å². The summed E-state index contributed by atoms with van der Waals surface area (Å²) in [5.74, 6) is 0.550. The Morgan fingerprint density at radius 2 is 2.37 bits per heavy atom. The number of hydrogen-bond donors (Lipinski definition) is 1. The summed E-state index contributed by atoms with van der Waals surface area (Å²) in [4.78, 5) is 0. The lowest BCUT2D eigenvalue weighted by atomic mass is 10.0. The van der Waals surface area contributed by atoms with Crippen LogP contribution < -0.4 is 10.1 Å². The molecule has 0 amide bonds. The molecular weight excluding hydrogens is 269 g/mol. The first-order valence-electron chi connectivity index (χ1n) is 6.61. The number of rotatable bonds is 6. The van der Waals surface area contributed by atoms with Crippen molar-refractivity contribution >= 4 is 11.6 Å². The number of nitrogens with one attached hydrogen (secondary N) is 1. The first kappa shape index (κ1) is 14.6. The summed E-state index contributed by atoms with van der Waals surface area (Å²) in [7, 11) is 0. The van der Waals surface area contributed by atoms with Gasteiger partial charge in [-0.1, -0.05) is 11.6 Å². The van der Waals surface area contributed by atoms with E-state index in [0.29, 0.717) is 29.9 Å². The Labute approximate surface area is 118 Å². The molecule has 1 N–H and O–H groups in total. The number of benzene rings is 1. The summed E-state index contributed by atoms with van der Waals surface area (Å²) < 4.78 is 24.4. The zero-order valence-electron chi connectivity index (χ0n) is 11.0. The summed E-state index contributed by atoms with van der Waals surface area (Å²) in [6.45, 7) is 5.03. The lowest BCUT2D eigenvalue weighted by Crippen LogP contribution is -2.33. The van der Waals surface area contributed by atoms with E-state index >= 15 is 0 Å². The molecule has 1 aliphatic heterocycles. The Morgan fingerprint density at radius 1 is 1.53 bits per heavy atom. The SMILES string of the molecule is CCOC[C@H](Oc1ccc(F)cc1Cl)C1CCNC1. The minimum atomic E-state index is -0.360. The van der Waals surface area contributed by atoms with Crippen molar-refractivity contribution in [1.82, 2.24) is 5.32 Å². The summed E-state index contributed by atoms with van der Waals surface area (Å²) in [5.41, 5.74) is 0. The molecule has 2 atom stereocenters. The number of ether oxygens (including phenoxy) is 2. The van der Waals surface area contributed by atoms with Gasteiger partial charge in [0.25, 0.3) is 0 Å². The normalized spacial score (nSPS) is 20.5. The second-order valence-electron chi connectivity index (χ2n) is 4.64. The van der Waals surface area contributed by atoms with Crippen molar-refractivity contribution < 1.29 is 13.9 Å². The molecule has 0 radical (unpaired) electrons. The van der Waals surface area contributed by atoms with Gasteiger partial charge in [-0.15, -0.1) is 0 Å². The van der Waals surface area contributed by atoms with E-state index in [0.717, 1.165) is 19.5 Å². The van der Waals surface area contributed by atoms with Gasteiger partial charge in [-0.2, -0.15) is 0 Å². The summed E-state index contributed by atoms with van der Waals surface area (Å²) in [6, 6.07) is 4.19. The zero-order valence-corrected chi connectivity index (χ0v) is 11.8. The first-order valence-corrected chi connectivity index (χ1v) is 6.98. The molecule has 5 heteroatoms. The second-order valence-corrected chi connectivity index (χ2v) is 5.05. The average Bonchev–Trinajstić information content (AvgIpc) is 2.90. The monoisotopic (exact) mass is 287 g/mol. The molecule has 0 aliphatic carbocycles. The Balaban J connectivity index is 2.05. The van der Waals surface area contributed by atoms with Gasteiger partial charge in [0.15, 0.2) is 0 Å². The minimum Gasteiger partial charge on any atom is -0.486 e. The highest BCUT2D eigenvalue weighted by molar-refractivity contribution is 6.32. The van der Waals surface area contributed by atoms with Gasteiger partial charge in [0.1, 0.15) is 17.7 Å². The van der Waals surface area contributed by atoms with Crippen molar-refractivity contribution in [3.05, 3.63) is 29.0 Å². The molecule has 0 saturated carbocycles. The summed E-state index contributed by atoms with van der Waals surface area (Å²) in [6.07, 6.45) is 0.995. The van der Waals surface area contributed by atoms with Crippen LogP contribution in [0.25, 0.3) is 0 Å². The predicted molar refractivity (Wildman–Crippen MR) is 73.3 cm³/mol. The van der Waals surface area contributed by atoms with Gasteiger partial charge < -0.3 is 14.8 Å². The fraction of sp³-hybridized carbons (Fsp3) is 0.571. The number of halogens is 2. The van der Waals surface area contributed by atoms with Gasteiger partial charge in [-0.05, 0) is 38.1 Å². The maximum Gasteiger partial charge on any atom is 0.138 e. The molecule has 1 aromatic rings. The smallest absolute Gasteiger partial charge is 0.138 e. The van der Waals surface area contributed by atoms with Gasteiger partial charge in [0.05, 0.1) is 11.6 Å².